The first-order chi connectivity index (χ1) is 24.1. The van der Waals surface area contributed by atoms with Gasteiger partial charge >= 0.3 is 0 Å². The number of fused-ring (bicyclic) bond motifs is 4. The van der Waals surface area contributed by atoms with Crippen molar-refractivity contribution in [2.45, 2.75) is 18.8 Å². The number of benzene rings is 5. The number of aromatic nitrogens is 5. The smallest absolute Gasteiger partial charge is 0.160 e. The number of hydrogen-bond acceptors (Lipinski definition) is 5. The number of allylic oxidation sites excluding steroid dienone is 4. The minimum atomic E-state index is -0.259. The summed E-state index contributed by atoms with van der Waals surface area (Å²) < 4.78 is 0. The van der Waals surface area contributed by atoms with E-state index in [9.17, 15) is 0 Å². The summed E-state index contributed by atoms with van der Waals surface area (Å²) in [5.74, 6) is 1.35. The molecule has 0 N–H and O–H groups in total. The average molecular weight is 630 g/mol. The van der Waals surface area contributed by atoms with Gasteiger partial charge in [-0.1, -0.05) is 128 Å². The van der Waals surface area contributed by atoms with Crippen molar-refractivity contribution < 1.29 is 0 Å². The van der Waals surface area contributed by atoms with Gasteiger partial charge in [0.25, 0.3) is 0 Å². The van der Waals surface area contributed by atoms with Crippen molar-refractivity contribution in [1.29, 1.82) is 0 Å². The molecule has 1 aliphatic carbocycles. The van der Waals surface area contributed by atoms with Gasteiger partial charge in [0.2, 0.25) is 0 Å². The lowest BCUT2D eigenvalue weighted by atomic mass is 9.80. The Morgan fingerprint density at radius 2 is 1.35 bits per heavy atom. The molecule has 0 saturated heterocycles. The average Bonchev–Trinajstić information content (AvgIpc) is 3.17. The number of rotatable bonds is 5. The Labute approximate surface area is 284 Å². The highest BCUT2D eigenvalue weighted by atomic mass is 14.9. The second-order valence-electron chi connectivity index (χ2n) is 12.8. The molecule has 0 saturated carbocycles. The quantitative estimate of drug-likeness (QED) is 0.177. The lowest BCUT2D eigenvalue weighted by Gasteiger charge is -2.27. The standard InChI is InChI=1S/C44H31N5/c1-44(24-9-3-10-25-44)39-28-38(34-18-12-16-29-13-6-7-17-33(29)34)46-43(47-39)32-21-20-30-22-23-35-40(36(30)27-32)48-42(31-14-4-2-5-15-31)49-41(35)37-19-8-11-26-45-37/h2-24,26-28H,25H2,1H3. The van der Waals surface area contributed by atoms with Crippen molar-refractivity contribution in [3.05, 3.63) is 164 Å². The maximum absolute atomic E-state index is 5.28. The van der Waals surface area contributed by atoms with Gasteiger partial charge in [0.1, 0.15) is 5.69 Å². The first-order valence-corrected chi connectivity index (χ1v) is 16.6. The molecule has 3 heterocycles. The van der Waals surface area contributed by atoms with E-state index in [0.717, 1.165) is 67.6 Å². The number of pyridine rings is 1. The summed E-state index contributed by atoms with van der Waals surface area (Å²) in [5, 5.41) is 5.39. The van der Waals surface area contributed by atoms with Crippen molar-refractivity contribution in [2.75, 3.05) is 0 Å². The van der Waals surface area contributed by atoms with Crippen LogP contribution in [0.2, 0.25) is 0 Å². The van der Waals surface area contributed by atoms with Crippen LogP contribution < -0.4 is 0 Å². The highest BCUT2D eigenvalue weighted by Crippen LogP contribution is 2.38. The third-order valence-electron chi connectivity index (χ3n) is 9.51. The maximum atomic E-state index is 5.28. The minimum Gasteiger partial charge on any atom is -0.255 e. The van der Waals surface area contributed by atoms with Gasteiger partial charge in [-0.3, -0.25) is 4.98 Å². The Morgan fingerprint density at radius 3 is 2.20 bits per heavy atom. The molecule has 0 bridgehead atoms. The van der Waals surface area contributed by atoms with E-state index in [1.807, 2.05) is 48.5 Å². The number of nitrogens with zero attached hydrogens (tertiary/aromatic N) is 5. The van der Waals surface area contributed by atoms with Gasteiger partial charge in [-0.25, -0.2) is 19.9 Å². The first-order valence-electron chi connectivity index (χ1n) is 16.6. The van der Waals surface area contributed by atoms with E-state index < -0.39 is 0 Å². The summed E-state index contributed by atoms with van der Waals surface area (Å²) in [6, 6.07) is 43.8. The Morgan fingerprint density at radius 1 is 0.551 bits per heavy atom. The van der Waals surface area contributed by atoms with Gasteiger partial charge in [-0.05, 0) is 52.9 Å². The lowest BCUT2D eigenvalue weighted by Crippen LogP contribution is -2.22. The van der Waals surface area contributed by atoms with Crippen LogP contribution in [0.25, 0.3) is 77.9 Å². The monoisotopic (exact) mass is 629 g/mol. The fourth-order valence-electron chi connectivity index (χ4n) is 6.84. The summed E-state index contributed by atoms with van der Waals surface area (Å²) in [4.78, 5) is 25.5. The molecule has 232 valence electrons. The van der Waals surface area contributed by atoms with E-state index in [2.05, 4.69) is 115 Å². The van der Waals surface area contributed by atoms with Gasteiger partial charge in [0.05, 0.1) is 22.6 Å². The Bertz CT molecular complexity index is 2590. The number of hydrogen-bond donors (Lipinski definition) is 0. The molecule has 0 amide bonds. The highest BCUT2D eigenvalue weighted by molar-refractivity contribution is 6.10. The molecule has 8 aromatic rings. The van der Waals surface area contributed by atoms with Crippen LogP contribution in [-0.4, -0.2) is 24.9 Å². The Kier molecular flexibility index (Phi) is 6.91. The molecule has 5 aromatic carbocycles. The molecule has 49 heavy (non-hydrogen) atoms. The molecular formula is C44H31N5. The fourth-order valence-corrected chi connectivity index (χ4v) is 6.84. The normalized spacial score (nSPS) is 15.7. The molecule has 3 aromatic heterocycles. The summed E-state index contributed by atoms with van der Waals surface area (Å²) in [6.07, 6.45) is 11.4. The van der Waals surface area contributed by atoms with Crippen LogP contribution in [0.15, 0.2) is 158 Å². The van der Waals surface area contributed by atoms with E-state index >= 15 is 0 Å². The van der Waals surface area contributed by atoms with Crippen LogP contribution in [-0.2, 0) is 5.41 Å². The van der Waals surface area contributed by atoms with Crippen LogP contribution in [0, 0.1) is 0 Å². The molecule has 0 aliphatic heterocycles. The van der Waals surface area contributed by atoms with Crippen molar-refractivity contribution in [3.63, 3.8) is 0 Å². The summed E-state index contributed by atoms with van der Waals surface area (Å²) >= 11 is 0. The zero-order valence-corrected chi connectivity index (χ0v) is 27.0. The Balaban J connectivity index is 1.29. The molecule has 0 spiro atoms. The lowest BCUT2D eigenvalue weighted by molar-refractivity contribution is 0.578. The molecule has 5 nitrogen and oxygen atoms in total. The van der Waals surface area contributed by atoms with Gasteiger partial charge in [0.15, 0.2) is 11.6 Å². The van der Waals surface area contributed by atoms with Crippen LogP contribution in [0.4, 0.5) is 0 Å². The first kappa shape index (κ1) is 28.9. The van der Waals surface area contributed by atoms with E-state index in [1.165, 1.54) is 10.8 Å². The predicted molar refractivity (Wildman–Crippen MR) is 200 cm³/mol. The molecule has 1 atom stereocenters. The summed E-state index contributed by atoms with van der Waals surface area (Å²) in [5.41, 5.74) is 7.09. The van der Waals surface area contributed by atoms with E-state index in [-0.39, 0.29) is 5.41 Å². The highest BCUT2D eigenvalue weighted by Gasteiger charge is 2.27. The fraction of sp³-hybridized carbons (Fsp3) is 0.0682. The van der Waals surface area contributed by atoms with Crippen molar-refractivity contribution in [1.82, 2.24) is 24.9 Å². The second kappa shape index (κ2) is 11.7. The van der Waals surface area contributed by atoms with Crippen LogP contribution >= 0.6 is 0 Å². The Hall–Kier alpha value is -6.33. The topological polar surface area (TPSA) is 64.5 Å². The van der Waals surface area contributed by atoms with E-state index in [1.54, 1.807) is 6.20 Å². The molecule has 0 radical (unpaired) electrons. The van der Waals surface area contributed by atoms with Crippen molar-refractivity contribution in [3.8, 4) is 45.4 Å². The molecule has 0 fully saturated rings. The molecule has 9 rings (SSSR count). The predicted octanol–water partition coefficient (Wildman–Crippen LogP) is 10.6. The maximum Gasteiger partial charge on any atom is 0.160 e. The molecule has 5 heteroatoms. The SMILES string of the molecule is CC1(c2cc(-c3cccc4ccccc34)nc(-c3ccc4ccc5c(-c6ccccn6)nc(-c6ccccc6)nc5c4c3)n2)C=CC=CC1. The van der Waals surface area contributed by atoms with Crippen molar-refractivity contribution in [2.24, 2.45) is 0 Å². The van der Waals surface area contributed by atoms with Crippen LogP contribution in [0.1, 0.15) is 19.0 Å². The second-order valence-corrected chi connectivity index (χ2v) is 12.8. The van der Waals surface area contributed by atoms with E-state index in [0.29, 0.717) is 11.6 Å². The molecule has 1 aliphatic rings. The van der Waals surface area contributed by atoms with Crippen LogP contribution in [0.3, 0.4) is 0 Å². The van der Waals surface area contributed by atoms with Crippen molar-refractivity contribution >= 4 is 32.4 Å². The zero-order valence-electron chi connectivity index (χ0n) is 27.0. The molecular weight excluding hydrogens is 599 g/mol. The van der Waals surface area contributed by atoms with Crippen LogP contribution in [0.5, 0.6) is 0 Å². The summed E-state index contributed by atoms with van der Waals surface area (Å²) in [6.45, 7) is 2.25. The van der Waals surface area contributed by atoms with Gasteiger partial charge in [-0.2, -0.15) is 0 Å². The third-order valence-corrected chi connectivity index (χ3v) is 9.51. The minimum absolute atomic E-state index is 0.259. The summed E-state index contributed by atoms with van der Waals surface area (Å²) in [7, 11) is 0. The zero-order chi connectivity index (χ0) is 32.8. The largest absolute Gasteiger partial charge is 0.255 e. The third kappa shape index (κ3) is 5.17. The molecule has 1 unspecified atom stereocenters. The van der Waals surface area contributed by atoms with E-state index in [4.69, 9.17) is 19.9 Å². The van der Waals surface area contributed by atoms with Gasteiger partial charge < -0.3 is 0 Å². The van der Waals surface area contributed by atoms with Gasteiger partial charge in [0, 0.05) is 39.1 Å². The van der Waals surface area contributed by atoms with Gasteiger partial charge in [-0.15, -0.1) is 0 Å².